The minimum absolute atomic E-state index is 0.159. The van der Waals surface area contributed by atoms with Gasteiger partial charge in [-0.3, -0.25) is 0 Å². The zero-order valence-electron chi connectivity index (χ0n) is 35.2. The van der Waals surface area contributed by atoms with Crippen LogP contribution in [0.2, 0.25) is 0 Å². The Labute approximate surface area is 377 Å². The van der Waals surface area contributed by atoms with Crippen LogP contribution >= 0.6 is 0 Å². The number of hydrogen-bond acceptors (Lipinski definition) is 4. The molecule has 0 saturated heterocycles. The van der Waals surface area contributed by atoms with Gasteiger partial charge in [-0.25, -0.2) is 0 Å². The number of rotatable bonds is 7. The van der Waals surface area contributed by atoms with E-state index in [-0.39, 0.29) is 17.5 Å². The van der Waals surface area contributed by atoms with Crippen LogP contribution in [0.1, 0.15) is 22.6 Å². The summed E-state index contributed by atoms with van der Waals surface area (Å²) >= 11 is 0. The maximum absolute atomic E-state index is 11.1. The molecule has 0 bridgehead atoms. The predicted molar refractivity (Wildman–Crippen MR) is 267 cm³/mol. The smallest absolute Gasteiger partial charge is 0.103 e. The lowest BCUT2D eigenvalue weighted by atomic mass is 9.91. The van der Waals surface area contributed by atoms with Gasteiger partial charge < -0.3 is 14.8 Å². The average Bonchev–Trinajstić information content (AvgIpc) is 3.89. The van der Waals surface area contributed by atoms with Crippen LogP contribution in [0.4, 0.5) is 22.7 Å². The summed E-state index contributed by atoms with van der Waals surface area (Å²) in [6.45, 7) is 0. The molecule has 2 atom stereocenters. The van der Waals surface area contributed by atoms with Crippen molar-refractivity contribution in [1.82, 2.24) is 4.57 Å². The van der Waals surface area contributed by atoms with E-state index in [0.717, 1.165) is 77.3 Å². The standard InChI is InChI=1S/C60H39N5/c61-37-51-52(38-62)58(33-30-54(51)63-53-29-26-43(40-16-5-2-6-17-40)35-49(53)44-20-13-19-42(34-44)39-14-3-1-4-15-39)65-57-32-28-45(36-50(57)60-46-21-8-7-18-41(46)27-31-59(60)65)64-55-24-11-9-22-47(55)48-23-10-12-25-56(48)64/h1-36,47,55,63H. The lowest BCUT2D eigenvalue weighted by Crippen LogP contribution is -2.28. The maximum Gasteiger partial charge on any atom is 0.103 e. The monoisotopic (exact) mass is 829 g/mol. The Morgan fingerprint density at radius 3 is 1.95 bits per heavy atom. The van der Waals surface area contributed by atoms with Crippen molar-refractivity contribution in [1.29, 1.82) is 10.5 Å². The fourth-order valence-electron chi connectivity index (χ4n) is 10.2. The van der Waals surface area contributed by atoms with E-state index in [1.54, 1.807) is 0 Å². The third kappa shape index (κ3) is 6.22. The topological polar surface area (TPSA) is 67.8 Å². The highest BCUT2D eigenvalue weighted by molar-refractivity contribution is 6.22. The first kappa shape index (κ1) is 37.8. The molecule has 2 heterocycles. The van der Waals surface area contributed by atoms with E-state index < -0.39 is 0 Å². The largest absolute Gasteiger partial charge is 0.354 e. The molecule has 304 valence electrons. The Bertz CT molecular complexity index is 3680. The van der Waals surface area contributed by atoms with Crippen LogP contribution in [0.25, 0.3) is 71.6 Å². The van der Waals surface area contributed by atoms with Crippen molar-refractivity contribution in [2.24, 2.45) is 0 Å². The van der Waals surface area contributed by atoms with Crippen LogP contribution in [0.5, 0.6) is 0 Å². The second kappa shape index (κ2) is 15.5. The first-order valence-corrected chi connectivity index (χ1v) is 22.0. The number of aromatic nitrogens is 1. The minimum atomic E-state index is 0.159. The van der Waals surface area contributed by atoms with Gasteiger partial charge in [-0.05, 0) is 105 Å². The molecule has 2 unspecified atom stereocenters. The van der Waals surface area contributed by atoms with Gasteiger partial charge in [0.2, 0.25) is 0 Å². The van der Waals surface area contributed by atoms with Gasteiger partial charge in [-0.1, -0.05) is 158 Å². The minimum Gasteiger partial charge on any atom is -0.354 e. The number of benzene rings is 9. The van der Waals surface area contributed by atoms with Crippen LogP contribution in [-0.2, 0) is 0 Å². The van der Waals surface area contributed by atoms with Crippen molar-refractivity contribution in [3.05, 3.63) is 235 Å². The Hall–Kier alpha value is -8.90. The fourth-order valence-corrected chi connectivity index (χ4v) is 10.2. The number of nitrogens with zero attached hydrogens (tertiary/aromatic N) is 4. The summed E-state index contributed by atoms with van der Waals surface area (Å²) in [5, 5.41) is 30.2. The molecule has 0 spiro atoms. The summed E-state index contributed by atoms with van der Waals surface area (Å²) in [5.74, 6) is 0.265. The second-order valence-corrected chi connectivity index (χ2v) is 16.7. The van der Waals surface area contributed by atoms with Gasteiger partial charge in [0.05, 0.1) is 39.6 Å². The van der Waals surface area contributed by atoms with E-state index >= 15 is 0 Å². The Kier molecular flexibility index (Phi) is 9.00. The van der Waals surface area contributed by atoms with E-state index in [0.29, 0.717) is 16.9 Å². The molecule has 9 aromatic carbocycles. The number of hydrogen-bond donors (Lipinski definition) is 1. The summed E-state index contributed by atoms with van der Waals surface area (Å²) in [6.07, 6.45) is 8.91. The number of nitriles is 2. The summed E-state index contributed by atoms with van der Waals surface area (Å²) in [6, 6.07) is 72.9. The van der Waals surface area contributed by atoms with E-state index in [9.17, 15) is 10.5 Å². The van der Waals surface area contributed by atoms with Crippen molar-refractivity contribution >= 4 is 55.3 Å². The highest BCUT2D eigenvalue weighted by atomic mass is 15.2. The molecule has 0 radical (unpaired) electrons. The Morgan fingerprint density at radius 2 is 1.14 bits per heavy atom. The van der Waals surface area contributed by atoms with Gasteiger partial charge in [-0.15, -0.1) is 0 Å². The van der Waals surface area contributed by atoms with E-state index in [2.05, 4.69) is 209 Å². The first-order valence-electron chi connectivity index (χ1n) is 22.0. The quantitative estimate of drug-likeness (QED) is 0.174. The van der Waals surface area contributed by atoms with Crippen molar-refractivity contribution in [3.63, 3.8) is 0 Å². The molecule has 1 N–H and O–H groups in total. The van der Waals surface area contributed by atoms with Crippen molar-refractivity contribution in [3.8, 4) is 51.2 Å². The summed E-state index contributed by atoms with van der Waals surface area (Å²) < 4.78 is 2.17. The predicted octanol–water partition coefficient (Wildman–Crippen LogP) is 15.2. The van der Waals surface area contributed by atoms with Crippen molar-refractivity contribution in [2.75, 3.05) is 10.2 Å². The van der Waals surface area contributed by atoms with Crippen LogP contribution < -0.4 is 10.2 Å². The van der Waals surface area contributed by atoms with Crippen LogP contribution in [0.15, 0.2) is 218 Å². The first-order chi connectivity index (χ1) is 32.2. The molecule has 2 aliphatic rings. The Morgan fingerprint density at radius 1 is 0.462 bits per heavy atom. The molecule has 12 rings (SSSR count). The number of anilines is 4. The normalized spacial score (nSPS) is 14.9. The molecule has 65 heavy (non-hydrogen) atoms. The molecule has 10 aromatic rings. The molecule has 0 amide bonds. The van der Waals surface area contributed by atoms with Gasteiger partial charge in [0.1, 0.15) is 12.1 Å². The molecule has 0 saturated carbocycles. The zero-order valence-corrected chi connectivity index (χ0v) is 35.2. The van der Waals surface area contributed by atoms with E-state index in [4.69, 9.17) is 0 Å². The van der Waals surface area contributed by atoms with Crippen LogP contribution in [0, 0.1) is 22.7 Å². The Balaban J connectivity index is 1.02. The summed E-state index contributed by atoms with van der Waals surface area (Å²) in [7, 11) is 0. The van der Waals surface area contributed by atoms with Gasteiger partial charge in [0.15, 0.2) is 0 Å². The third-order valence-corrected chi connectivity index (χ3v) is 13.2. The molecule has 5 heteroatoms. The van der Waals surface area contributed by atoms with Gasteiger partial charge in [-0.2, -0.15) is 10.5 Å². The molecular formula is C60H39N5. The highest BCUT2D eigenvalue weighted by Crippen LogP contribution is 2.49. The summed E-state index contributed by atoms with van der Waals surface area (Å²) in [4.78, 5) is 2.46. The van der Waals surface area contributed by atoms with Crippen LogP contribution in [-0.4, -0.2) is 10.6 Å². The molecule has 1 aliphatic carbocycles. The van der Waals surface area contributed by atoms with Gasteiger partial charge >= 0.3 is 0 Å². The maximum atomic E-state index is 11.1. The molecule has 1 aliphatic heterocycles. The highest BCUT2D eigenvalue weighted by Gasteiger charge is 2.37. The zero-order chi connectivity index (χ0) is 43.4. The number of nitrogens with one attached hydrogen (secondary N) is 1. The number of fused-ring (bicyclic) bond motifs is 8. The lowest BCUT2D eigenvalue weighted by molar-refractivity contribution is 0.745. The third-order valence-electron chi connectivity index (χ3n) is 13.2. The molecule has 0 fully saturated rings. The van der Waals surface area contributed by atoms with Gasteiger partial charge in [0, 0.05) is 39.3 Å². The van der Waals surface area contributed by atoms with Gasteiger partial charge in [0.25, 0.3) is 0 Å². The van der Waals surface area contributed by atoms with E-state index in [1.165, 1.54) is 11.3 Å². The average molecular weight is 830 g/mol. The van der Waals surface area contributed by atoms with Crippen molar-refractivity contribution in [2.45, 2.75) is 12.0 Å². The molecule has 5 nitrogen and oxygen atoms in total. The molecule has 1 aromatic heterocycles. The molecular weight excluding hydrogens is 791 g/mol. The lowest BCUT2D eigenvalue weighted by Gasteiger charge is -2.28. The second-order valence-electron chi connectivity index (χ2n) is 16.7. The van der Waals surface area contributed by atoms with Crippen molar-refractivity contribution < 1.29 is 0 Å². The summed E-state index contributed by atoms with van der Waals surface area (Å²) in [5.41, 5.74) is 14.6. The SMILES string of the molecule is N#Cc1c(Nc2ccc(-c3ccccc3)cc2-c2cccc(-c3ccccc3)c2)ccc(-n2c3ccc(N4c5ccccc5C5C=CC=CC54)cc3c3c4ccccc4ccc32)c1C#N. The van der Waals surface area contributed by atoms with E-state index in [1.807, 2.05) is 36.4 Å². The fraction of sp³-hybridized carbons (Fsp3) is 0.0333. The number of allylic oxidation sites excluding steroid dienone is 2. The number of para-hydroxylation sites is 1. The van der Waals surface area contributed by atoms with Crippen LogP contribution in [0.3, 0.4) is 0 Å².